The number of hydrogen-bond donors (Lipinski definition) is 2. The number of aromatic hydroxyl groups is 1. The van der Waals surface area contributed by atoms with Gasteiger partial charge < -0.3 is 9.84 Å². The molecular formula is C14H21NO3. The Balaban J connectivity index is 2.99. The van der Waals surface area contributed by atoms with Crippen LogP contribution >= 0.6 is 0 Å². The summed E-state index contributed by atoms with van der Waals surface area (Å²) in [6, 6.07) is 1.83. The van der Waals surface area contributed by atoms with E-state index < -0.39 is 11.7 Å². The summed E-state index contributed by atoms with van der Waals surface area (Å²) in [6.07, 6.45) is -0.517. The fourth-order valence-corrected chi connectivity index (χ4v) is 1.77. The zero-order valence-corrected chi connectivity index (χ0v) is 11.8. The molecule has 0 heterocycles. The van der Waals surface area contributed by atoms with Gasteiger partial charge in [-0.05, 0) is 52.7 Å². The van der Waals surface area contributed by atoms with Gasteiger partial charge in [-0.15, -0.1) is 0 Å². The number of anilines is 1. The number of phenolic OH excluding ortho intramolecular Hbond substituents is 1. The fraction of sp³-hybridized carbons (Fsp3) is 0.500. The van der Waals surface area contributed by atoms with Gasteiger partial charge in [0, 0.05) is 5.56 Å². The summed E-state index contributed by atoms with van der Waals surface area (Å²) in [5, 5.41) is 12.5. The summed E-state index contributed by atoms with van der Waals surface area (Å²) in [4.78, 5) is 11.7. The highest BCUT2D eigenvalue weighted by molar-refractivity contribution is 5.88. The van der Waals surface area contributed by atoms with Gasteiger partial charge in [-0.1, -0.05) is 6.07 Å². The van der Waals surface area contributed by atoms with Crippen LogP contribution in [-0.2, 0) is 4.74 Å². The predicted molar refractivity (Wildman–Crippen MR) is 72.2 cm³/mol. The smallest absolute Gasteiger partial charge is 0.412 e. The van der Waals surface area contributed by atoms with Gasteiger partial charge in [-0.2, -0.15) is 0 Å². The van der Waals surface area contributed by atoms with Crippen molar-refractivity contribution in [3.05, 3.63) is 22.8 Å². The van der Waals surface area contributed by atoms with Gasteiger partial charge in [0.15, 0.2) is 0 Å². The van der Waals surface area contributed by atoms with Gasteiger partial charge in [-0.25, -0.2) is 4.79 Å². The molecule has 0 unspecified atom stereocenters. The average Bonchev–Trinajstić information content (AvgIpc) is 2.19. The Bertz CT molecular complexity index is 473. The van der Waals surface area contributed by atoms with Crippen LogP contribution in [0.15, 0.2) is 6.07 Å². The first-order valence-corrected chi connectivity index (χ1v) is 5.91. The van der Waals surface area contributed by atoms with Gasteiger partial charge in [0.2, 0.25) is 0 Å². The summed E-state index contributed by atoms with van der Waals surface area (Å²) < 4.78 is 5.19. The Morgan fingerprint density at radius 1 is 1.22 bits per heavy atom. The maximum Gasteiger partial charge on any atom is 0.412 e. The molecule has 0 saturated carbocycles. The van der Waals surface area contributed by atoms with Crippen LogP contribution in [0, 0.1) is 20.8 Å². The molecule has 0 radical (unpaired) electrons. The molecular weight excluding hydrogens is 230 g/mol. The van der Waals surface area contributed by atoms with Crippen LogP contribution in [0.5, 0.6) is 5.75 Å². The number of ether oxygens (including phenoxy) is 1. The number of hydrogen-bond acceptors (Lipinski definition) is 3. The van der Waals surface area contributed by atoms with Crippen molar-refractivity contribution in [2.24, 2.45) is 0 Å². The second-order valence-electron chi connectivity index (χ2n) is 5.49. The first-order chi connectivity index (χ1) is 8.11. The summed E-state index contributed by atoms with van der Waals surface area (Å²) in [5.41, 5.74) is 2.40. The average molecular weight is 251 g/mol. The minimum Gasteiger partial charge on any atom is -0.507 e. The van der Waals surface area contributed by atoms with Crippen LogP contribution in [0.25, 0.3) is 0 Å². The Morgan fingerprint density at radius 3 is 2.28 bits per heavy atom. The molecule has 0 aromatic heterocycles. The van der Waals surface area contributed by atoms with Crippen LogP contribution in [0.3, 0.4) is 0 Å². The highest BCUT2D eigenvalue weighted by Gasteiger charge is 2.18. The topological polar surface area (TPSA) is 58.6 Å². The van der Waals surface area contributed by atoms with E-state index in [0.717, 1.165) is 11.1 Å². The number of carbonyl (C=O) groups is 1. The van der Waals surface area contributed by atoms with Crippen LogP contribution < -0.4 is 5.32 Å². The summed E-state index contributed by atoms with van der Waals surface area (Å²) in [7, 11) is 0. The summed E-state index contributed by atoms with van der Waals surface area (Å²) in [5.74, 6) is 0.201. The second-order valence-corrected chi connectivity index (χ2v) is 5.49. The number of aryl methyl sites for hydroxylation is 2. The van der Waals surface area contributed by atoms with Crippen molar-refractivity contribution < 1.29 is 14.6 Å². The van der Waals surface area contributed by atoms with Crippen molar-refractivity contribution in [1.82, 2.24) is 0 Å². The molecule has 0 aliphatic heterocycles. The SMILES string of the molecule is Cc1cc(C)c(NC(=O)OC(C)(C)C)c(C)c1O. The number of amides is 1. The van der Waals surface area contributed by atoms with Crippen molar-refractivity contribution in [3.63, 3.8) is 0 Å². The van der Waals surface area contributed by atoms with Crippen molar-refractivity contribution >= 4 is 11.8 Å². The Kier molecular flexibility index (Phi) is 3.89. The monoisotopic (exact) mass is 251 g/mol. The summed E-state index contributed by atoms with van der Waals surface area (Å²) in [6.45, 7) is 10.9. The van der Waals surface area contributed by atoms with Crippen molar-refractivity contribution in [3.8, 4) is 5.75 Å². The molecule has 1 aromatic rings. The molecule has 1 amide bonds. The first-order valence-electron chi connectivity index (χ1n) is 5.91. The Hall–Kier alpha value is -1.71. The number of benzene rings is 1. The summed E-state index contributed by atoms with van der Waals surface area (Å²) >= 11 is 0. The molecule has 1 aromatic carbocycles. The highest BCUT2D eigenvalue weighted by atomic mass is 16.6. The van der Waals surface area contributed by atoms with Crippen LogP contribution in [0.2, 0.25) is 0 Å². The van der Waals surface area contributed by atoms with Crippen molar-refractivity contribution in [1.29, 1.82) is 0 Å². The molecule has 0 saturated heterocycles. The lowest BCUT2D eigenvalue weighted by atomic mass is 10.0. The van der Waals surface area contributed by atoms with E-state index >= 15 is 0 Å². The van der Waals surface area contributed by atoms with E-state index in [-0.39, 0.29) is 5.75 Å². The molecule has 0 atom stereocenters. The normalized spacial score (nSPS) is 11.2. The van der Waals surface area contributed by atoms with Crippen molar-refractivity contribution in [2.75, 3.05) is 5.32 Å². The molecule has 100 valence electrons. The van der Waals surface area contributed by atoms with E-state index in [9.17, 15) is 9.90 Å². The molecule has 2 N–H and O–H groups in total. The third-order valence-corrected chi connectivity index (χ3v) is 2.56. The lowest BCUT2D eigenvalue weighted by Crippen LogP contribution is -2.27. The number of carbonyl (C=O) groups excluding carboxylic acids is 1. The molecule has 4 heteroatoms. The molecule has 0 aliphatic rings. The highest BCUT2D eigenvalue weighted by Crippen LogP contribution is 2.31. The third kappa shape index (κ3) is 3.39. The second kappa shape index (κ2) is 4.88. The zero-order valence-electron chi connectivity index (χ0n) is 11.8. The fourth-order valence-electron chi connectivity index (χ4n) is 1.77. The van der Waals surface area contributed by atoms with Gasteiger partial charge >= 0.3 is 6.09 Å². The quantitative estimate of drug-likeness (QED) is 0.800. The first kappa shape index (κ1) is 14.4. The number of phenols is 1. The van der Waals surface area contributed by atoms with Crippen LogP contribution in [0.4, 0.5) is 10.5 Å². The lowest BCUT2D eigenvalue weighted by molar-refractivity contribution is 0.0635. The van der Waals surface area contributed by atoms with Crippen LogP contribution in [0.1, 0.15) is 37.5 Å². The standard InChI is InChI=1S/C14H21NO3/c1-8-7-9(2)12(16)10(3)11(8)15-13(17)18-14(4,5)6/h7,16H,1-6H3,(H,15,17). The lowest BCUT2D eigenvalue weighted by Gasteiger charge is -2.21. The molecule has 1 rings (SSSR count). The molecule has 18 heavy (non-hydrogen) atoms. The Morgan fingerprint density at radius 2 is 1.78 bits per heavy atom. The zero-order chi connectivity index (χ0) is 14.1. The molecule has 0 aliphatic carbocycles. The van der Waals surface area contributed by atoms with Crippen LogP contribution in [-0.4, -0.2) is 16.8 Å². The third-order valence-electron chi connectivity index (χ3n) is 2.56. The van der Waals surface area contributed by atoms with Crippen molar-refractivity contribution in [2.45, 2.75) is 47.1 Å². The van der Waals surface area contributed by atoms with E-state index in [2.05, 4.69) is 5.32 Å². The van der Waals surface area contributed by atoms with Gasteiger partial charge in [0.25, 0.3) is 0 Å². The molecule has 0 spiro atoms. The number of nitrogens with one attached hydrogen (secondary N) is 1. The predicted octanol–water partition coefficient (Wildman–Crippen LogP) is 3.66. The van der Waals surface area contributed by atoms with E-state index in [4.69, 9.17) is 4.74 Å². The van der Waals surface area contributed by atoms with E-state index in [1.165, 1.54) is 0 Å². The van der Waals surface area contributed by atoms with E-state index in [0.29, 0.717) is 11.3 Å². The van der Waals surface area contributed by atoms with Gasteiger partial charge in [0.1, 0.15) is 11.4 Å². The Labute approximate surface area is 108 Å². The minimum atomic E-state index is -0.543. The molecule has 0 bridgehead atoms. The van der Waals surface area contributed by atoms with Gasteiger partial charge in [0.05, 0.1) is 5.69 Å². The largest absolute Gasteiger partial charge is 0.507 e. The molecule has 4 nitrogen and oxygen atoms in total. The maximum absolute atomic E-state index is 11.7. The van der Waals surface area contributed by atoms with Gasteiger partial charge in [-0.3, -0.25) is 5.32 Å². The molecule has 0 fully saturated rings. The minimum absolute atomic E-state index is 0.201. The van der Waals surface area contributed by atoms with E-state index in [1.54, 1.807) is 27.7 Å². The number of rotatable bonds is 1. The maximum atomic E-state index is 11.7. The van der Waals surface area contributed by atoms with E-state index in [1.807, 2.05) is 19.9 Å².